The molecule has 84 valence electrons. The summed E-state index contributed by atoms with van der Waals surface area (Å²) in [6.45, 7) is 1.71. The molecule has 0 aliphatic carbocycles. The highest BCUT2D eigenvalue weighted by Crippen LogP contribution is 2.31. The van der Waals surface area contributed by atoms with Gasteiger partial charge in [-0.25, -0.2) is 0 Å². The van der Waals surface area contributed by atoms with Crippen LogP contribution in [0.5, 0.6) is 0 Å². The molecule has 2 rings (SSSR count). The highest BCUT2D eigenvalue weighted by Gasteiger charge is 2.35. The van der Waals surface area contributed by atoms with Crippen molar-refractivity contribution in [3.8, 4) is 0 Å². The quantitative estimate of drug-likeness (QED) is 0.781. The monoisotopic (exact) mass is 219 g/mol. The number of nitrogens with one attached hydrogen (secondary N) is 1. The average Bonchev–Trinajstić information content (AvgIpc) is 2.69. The molecule has 2 heterocycles. The van der Waals surface area contributed by atoms with Gasteiger partial charge >= 0.3 is 6.18 Å². The van der Waals surface area contributed by atoms with Crippen LogP contribution in [-0.4, -0.2) is 35.2 Å². The molecule has 0 spiro atoms. The number of likely N-dealkylation sites (tertiary alicyclic amines) is 1. The van der Waals surface area contributed by atoms with Crippen LogP contribution in [0.25, 0.3) is 0 Å². The van der Waals surface area contributed by atoms with Gasteiger partial charge in [-0.3, -0.25) is 5.10 Å². The Balaban J connectivity index is 2.14. The highest BCUT2D eigenvalue weighted by atomic mass is 19.4. The van der Waals surface area contributed by atoms with Crippen LogP contribution in [0.15, 0.2) is 6.07 Å². The molecule has 15 heavy (non-hydrogen) atoms. The van der Waals surface area contributed by atoms with Gasteiger partial charge in [0.1, 0.15) is 0 Å². The van der Waals surface area contributed by atoms with Crippen molar-refractivity contribution in [2.24, 2.45) is 0 Å². The first kappa shape index (κ1) is 10.5. The van der Waals surface area contributed by atoms with Gasteiger partial charge in [0.25, 0.3) is 0 Å². The third kappa shape index (κ3) is 2.14. The van der Waals surface area contributed by atoms with E-state index in [0.29, 0.717) is 5.69 Å². The van der Waals surface area contributed by atoms with E-state index in [1.54, 1.807) is 0 Å². The molecule has 0 amide bonds. The summed E-state index contributed by atoms with van der Waals surface area (Å²) in [7, 11) is 1.96. The first-order valence-corrected chi connectivity index (χ1v) is 4.78. The summed E-state index contributed by atoms with van der Waals surface area (Å²) < 4.78 is 36.8. The smallest absolute Gasteiger partial charge is 0.306 e. The molecule has 6 heteroatoms. The van der Waals surface area contributed by atoms with Gasteiger partial charge in [-0.2, -0.15) is 18.3 Å². The van der Waals surface area contributed by atoms with Gasteiger partial charge in [-0.15, -0.1) is 0 Å². The maximum absolute atomic E-state index is 12.3. The first-order chi connectivity index (χ1) is 6.97. The van der Waals surface area contributed by atoms with E-state index in [-0.39, 0.29) is 5.92 Å². The number of nitrogens with zero attached hydrogens (tertiary/aromatic N) is 2. The third-order valence-corrected chi connectivity index (χ3v) is 2.72. The zero-order valence-corrected chi connectivity index (χ0v) is 8.30. The zero-order valence-electron chi connectivity index (χ0n) is 8.30. The van der Waals surface area contributed by atoms with Crippen molar-refractivity contribution in [3.05, 3.63) is 17.5 Å². The van der Waals surface area contributed by atoms with Crippen LogP contribution in [0.1, 0.15) is 23.7 Å². The topological polar surface area (TPSA) is 31.9 Å². The number of halogens is 3. The maximum atomic E-state index is 12.3. The predicted molar refractivity (Wildman–Crippen MR) is 48.4 cm³/mol. The molecule has 0 saturated carbocycles. The van der Waals surface area contributed by atoms with Gasteiger partial charge in [0.05, 0.1) is 0 Å². The molecule has 1 N–H and O–H groups in total. The fourth-order valence-corrected chi connectivity index (χ4v) is 1.88. The number of likely N-dealkylation sites (N-methyl/N-ethyl adjacent to an activating group) is 1. The lowest BCUT2D eigenvalue weighted by Gasteiger charge is -2.07. The number of rotatable bonds is 1. The van der Waals surface area contributed by atoms with Crippen molar-refractivity contribution in [2.45, 2.75) is 18.5 Å². The molecular weight excluding hydrogens is 207 g/mol. The van der Waals surface area contributed by atoms with Crippen LogP contribution in [0, 0.1) is 0 Å². The minimum absolute atomic E-state index is 0.151. The van der Waals surface area contributed by atoms with Crippen molar-refractivity contribution in [1.29, 1.82) is 0 Å². The minimum atomic E-state index is -4.35. The summed E-state index contributed by atoms with van der Waals surface area (Å²) in [4.78, 5) is 2.10. The summed E-state index contributed by atoms with van der Waals surface area (Å²) in [5, 5.41) is 5.77. The number of hydrogen-bond donors (Lipinski definition) is 1. The largest absolute Gasteiger partial charge is 0.435 e. The van der Waals surface area contributed by atoms with Crippen LogP contribution < -0.4 is 0 Å². The second-order valence-corrected chi connectivity index (χ2v) is 3.95. The Morgan fingerprint density at radius 3 is 2.73 bits per heavy atom. The fraction of sp³-hybridized carbons (Fsp3) is 0.667. The summed E-state index contributed by atoms with van der Waals surface area (Å²) in [6.07, 6.45) is -3.46. The third-order valence-electron chi connectivity index (χ3n) is 2.72. The Morgan fingerprint density at radius 1 is 1.53 bits per heavy atom. The van der Waals surface area contributed by atoms with E-state index in [9.17, 15) is 13.2 Å². The highest BCUT2D eigenvalue weighted by molar-refractivity contribution is 5.17. The first-order valence-electron chi connectivity index (χ1n) is 4.78. The number of alkyl halides is 3. The van der Waals surface area contributed by atoms with E-state index in [2.05, 4.69) is 15.1 Å². The number of aromatic amines is 1. The molecule has 1 aromatic rings. The van der Waals surface area contributed by atoms with E-state index in [1.165, 1.54) is 0 Å². The van der Waals surface area contributed by atoms with Crippen molar-refractivity contribution >= 4 is 0 Å². The molecule has 1 unspecified atom stereocenters. The maximum Gasteiger partial charge on any atom is 0.435 e. The van der Waals surface area contributed by atoms with Crippen LogP contribution in [0.3, 0.4) is 0 Å². The van der Waals surface area contributed by atoms with Gasteiger partial charge in [-0.05, 0) is 26.1 Å². The Bertz CT molecular complexity index is 345. The number of hydrogen-bond acceptors (Lipinski definition) is 2. The summed E-state index contributed by atoms with van der Waals surface area (Å²) >= 11 is 0. The fourth-order valence-electron chi connectivity index (χ4n) is 1.88. The van der Waals surface area contributed by atoms with Crippen molar-refractivity contribution in [2.75, 3.05) is 20.1 Å². The second kappa shape index (κ2) is 3.52. The molecule has 0 bridgehead atoms. The number of aromatic nitrogens is 2. The lowest BCUT2D eigenvalue weighted by molar-refractivity contribution is -0.141. The van der Waals surface area contributed by atoms with E-state index in [0.717, 1.165) is 25.6 Å². The molecule has 3 nitrogen and oxygen atoms in total. The minimum Gasteiger partial charge on any atom is -0.306 e. The van der Waals surface area contributed by atoms with Gasteiger partial charge in [-0.1, -0.05) is 0 Å². The van der Waals surface area contributed by atoms with E-state index < -0.39 is 11.9 Å². The van der Waals surface area contributed by atoms with Crippen LogP contribution in [-0.2, 0) is 6.18 Å². The Morgan fingerprint density at radius 2 is 2.27 bits per heavy atom. The Kier molecular flexibility index (Phi) is 2.46. The van der Waals surface area contributed by atoms with Crippen LogP contribution in [0.4, 0.5) is 13.2 Å². The molecule has 1 aromatic heterocycles. The SMILES string of the molecule is CN1CCC(c2cc(C(F)(F)F)n[nH]2)C1. The average molecular weight is 219 g/mol. The summed E-state index contributed by atoms with van der Waals surface area (Å²) in [5.74, 6) is 0.151. The van der Waals surface area contributed by atoms with Gasteiger partial charge < -0.3 is 4.90 Å². The van der Waals surface area contributed by atoms with E-state index in [1.807, 2.05) is 7.05 Å². The molecule has 1 aliphatic rings. The predicted octanol–water partition coefficient (Wildman–Crippen LogP) is 1.85. The lowest BCUT2D eigenvalue weighted by atomic mass is 10.1. The van der Waals surface area contributed by atoms with Gasteiger partial charge in [0.15, 0.2) is 5.69 Å². The summed E-state index contributed by atoms with van der Waals surface area (Å²) in [5.41, 5.74) is -0.237. The zero-order chi connectivity index (χ0) is 11.1. The molecule has 1 saturated heterocycles. The molecular formula is C9H12F3N3. The van der Waals surface area contributed by atoms with Crippen molar-refractivity contribution in [1.82, 2.24) is 15.1 Å². The van der Waals surface area contributed by atoms with E-state index >= 15 is 0 Å². The van der Waals surface area contributed by atoms with Crippen molar-refractivity contribution < 1.29 is 13.2 Å². The molecule has 1 aliphatic heterocycles. The summed E-state index contributed by atoms with van der Waals surface area (Å²) in [6, 6.07) is 1.11. The standard InChI is InChI=1S/C9H12F3N3/c1-15-3-2-6(5-15)7-4-8(14-13-7)9(10,11)12/h4,6H,2-3,5H2,1H3,(H,13,14). The van der Waals surface area contributed by atoms with Crippen LogP contribution >= 0.6 is 0 Å². The van der Waals surface area contributed by atoms with Gasteiger partial charge in [0.2, 0.25) is 0 Å². The normalized spacial score (nSPS) is 23.6. The second-order valence-electron chi connectivity index (χ2n) is 3.95. The van der Waals surface area contributed by atoms with Crippen molar-refractivity contribution in [3.63, 3.8) is 0 Å². The molecule has 0 aromatic carbocycles. The lowest BCUT2D eigenvalue weighted by Crippen LogP contribution is -2.13. The van der Waals surface area contributed by atoms with Crippen LogP contribution in [0.2, 0.25) is 0 Å². The Labute approximate surface area is 85.3 Å². The number of H-pyrrole nitrogens is 1. The molecule has 1 atom stereocenters. The Hall–Kier alpha value is -1.04. The molecule has 1 fully saturated rings. The van der Waals surface area contributed by atoms with Gasteiger partial charge in [0, 0.05) is 18.2 Å². The molecule has 0 radical (unpaired) electrons. The van der Waals surface area contributed by atoms with E-state index in [4.69, 9.17) is 0 Å².